The molecule has 7 atom stereocenters. The van der Waals surface area contributed by atoms with Crippen LogP contribution in [0.1, 0.15) is 78.6 Å². The van der Waals surface area contributed by atoms with E-state index < -0.39 is 16.2 Å². The summed E-state index contributed by atoms with van der Waals surface area (Å²) >= 11 is 0. The lowest BCUT2D eigenvalue weighted by atomic mass is 9.43. The molecule has 0 aromatic heterocycles. The maximum Gasteiger partial charge on any atom is 0.405 e. The van der Waals surface area contributed by atoms with E-state index in [-0.39, 0.29) is 16.7 Å². The van der Waals surface area contributed by atoms with E-state index in [0.717, 1.165) is 44.9 Å². The molecule has 0 amide bonds. The second-order valence-corrected chi connectivity index (χ2v) is 11.6. The highest BCUT2D eigenvalue weighted by atomic mass is 32.3. The first kappa shape index (κ1) is 18.6. The molecule has 1 aliphatic heterocycles. The summed E-state index contributed by atoms with van der Waals surface area (Å²) in [4.78, 5) is 12.3. The predicted molar refractivity (Wildman–Crippen MR) is 99.7 cm³/mol. The van der Waals surface area contributed by atoms with Gasteiger partial charge in [0.15, 0.2) is 0 Å². The van der Waals surface area contributed by atoms with Crippen LogP contribution < -0.4 is 0 Å². The van der Waals surface area contributed by atoms with Crippen LogP contribution in [0.2, 0.25) is 0 Å². The Morgan fingerprint density at radius 2 is 1.67 bits per heavy atom. The average Bonchev–Trinajstić information content (AvgIpc) is 2.91. The van der Waals surface area contributed by atoms with Gasteiger partial charge in [0.25, 0.3) is 0 Å². The third kappa shape index (κ3) is 2.24. The highest BCUT2D eigenvalue weighted by molar-refractivity contribution is 7.82. The molecule has 1 spiro atoms. The number of rotatable bonds is 1. The van der Waals surface area contributed by atoms with E-state index in [1.807, 2.05) is 0 Å². The second-order valence-electron chi connectivity index (χ2n) is 10.4. The van der Waals surface area contributed by atoms with Crippen molar-refractivity contribution in [2.24, 2.45) is 40.4 Å². The van der Waals surface area contributed by atoms with Crippen molar-refractivity contribution in [2.75, 3.05) is 0 Å². The smallest absolute Gasteiger partial charge is 0.300 e. The summed E-state index contributed by atoms with van der Waals surface area (Å²) in [6, 6.07) is 0. The van der Waals surface area contributed by atoms with Crippen molar-refractivity contribution in [3.05, 3.63) is 0 Å². The Kier molecular flexibility index (Phi) is 3.83. The van der Waals surface area contributed by atoms with Crippen LogP contribution in [0.4, 0.5) is 0 Å². The molecule has 152 valence electrons. The number of hydrogen-bond acceptors (Lipinski definition) is 5. The topological polar surface area (TPSA) is 69.7 Å². The zero-order valence-corrected chi connectivity index (χ0v) is 17.5. The Bertz CT molecular complexity index is 763. The van der Waals surface area contributed by atoms with E-state index >= 15 is 0 Å². The molecule has 5 rings (SSSR count). The first-order valence-corrected chi connectivity index (χ1v) is 12.1. The standard InChI is InChI=1S/C21H32O5S/c1-13(22)16-8-9-17-15-7-6-14-5-4-11-21(25-27(23,24)26-21)20(14,3)18(15)10-12-19(16,17)2/h14-18H,4-12H2,1-3H3/t14-,15-,16+,17-,18-,19-,20-/m0/s1. The molecule has 4 saturated carbocycles. The summed E-state index contributed by atoms with van der Waals surface area (Å²) in [6.07, 6.45) is 9.41. The van der Waals surface area contributed by atoms with Gasteiger partial charge in [-0.2, -0.15) is 8.42 Å². The monoisotopic (exact) mass is 396 g/mol. The zero-order chi connectivity index (χ0) is 19.2. The van der Waals surface area contributed by atoms with E-state index in [1.165, 1.54) is 6.42 Å². The molecule has 0 bridgehead atoms. The molecule has 1 saturated heterocycles. The van der Waals surface area contributed by atoms with Crippen molar-refractivity contribution in [3.63, 3.8) is 0 Å². The quantitative estimate of drug-likeness (QED) is 0.664. The van der Waals surface area contributed by atoms with Gasteiger partial charge in [-0.3, -0.25) is 4.79 Å². The maximum absolute atomic E-state index is 12.3. The number of fused-ring (bicyclic) bond motifs is 6. The number of hydrogen-bond donors (Lipinski definition) is 0. The Balaban J connectivity index is 1.51. The minimum atomic E-state index is -3.81. The highest BCUT2D eigenvalue weighted by Crippen LogP contribution is 2.71. The molecule has 5 nitrogen and oxygen atoms in total. The summed E-state index contributed by atoms with van der Waals surface area (Å²) in [6.45, 7) is 6.36. The highest BCUT2D eigenvalue weighted by Gasteiger charge is 2.72. The third-order valence-corrected chi connectivity index (χ3v) is 10.7. The Hall–Kier alpha value is -0.460. The molecule has 6 heteroatoms. The van der Waals surface area contributed by atoms with Crippen molar-refractivity contribution >= 4 is 16.2 Å². The Labute approximate surface area is 162 Å². The van der Waals surface area contributed by atoms with Crippen LogP contribution in [0.3, 0.4) is 0 Å². The van der Waals surface area contributed by atoms with Gasteiger partial charge in [0.05, 0.1) is 0 Å². The zero-order valence-electron chi connectivity index (χ0n) is 16.7. The minimum absolute atomic E-state index is 0.116. The fourth-order valence-corrected chi connectivity index (χ4v) is 9.78. The van der Waals surface area contributed by atoms with Crippen LogP contribution in [0, 0.1) is 40.4 Å². The van der Waals surface area contributed by atoms with E-state index in [9.17, 15) is 13.2 Å². The molecular formula is C21H32O5S. The van der Waals surface area contributed by atoms with Crippen molar-refractivity contribution in [1.29, 1.82) is 0 Å². The summed E-state index contributed by atoms with van der Waals surface area (Å²) in [5.74, 6) is 1.63. The normalized spacial score (nSPS) is 52.3. The van der Waals surface area contributed by atoms with Crippen LogP contribution in [0.25, 0.3) is 0 Å². The molecule has 5 fully saturated rings. The molecule has 0 N–H and O–H groups in total. The number of carbonyl (C=O) groups excluding carboxylic acids is 1. The van der Waals surface area contributed by atoms with Crippen molar-refractivity contribution in [3.8, 4) is 0 Å². The summed E-state index contributed by atoms with van der Waals surface area (Å²) in [5, 5.41) is 0. The van der Waals surface area contributed by atoms with Gasteiger partial charge in [0, 0.05) is 17.8 Å². The van der Waals surface area contributed by atoms with Gasteiger partial charge >= 0.3 is 10.4 Å². The van der Waals surface area contributed by atoms with Gasteiger partial charge in [-0.25, -0.2) is 8.37 Å². The first-order chi connectivity index (χ1) is 12.6. The van der Waals surface area contributed by atoms with Crippen LogP contribution in [0.15, 0.2) is 0 Å². The molecule has 27 heavy (non-hydrogen) atoms. The fourth-order valence-electron chi connectivity index (χ4n) is 8.59. The van der Waals surface area contributed by atoms with Gasteiger partial charge < -0.3 is 0 Å². The van der Waals surface area contributed by atoms with Crippen LogP contribution in [-0.4, -0.2) is 20.0 Å². The molecule has 0 unspecified atom stereocenters. The van der Waals surface area contributed by atoms with Crippen LogP contribution in [-0.2, 0) is 23.6 Å². The Morgan fingerprint density at radius 3 is 2.33 bits per heavy atom. The number of ketones is 1. The first-order valence-electron chi connectivity index (χ1n) is 10.8. The average molecular weight is 397 g/mol. The molecule has 0 aromatic carbocycles. The van der Waals surface area contributed by atoms with Gasteiger partial charge in [-0.1, -0.05) is 13.8 Å². The largest absolute Gasteiger partial charge is 0.405 e. The second kappa shape index (κ2) is 5.57. The molecule has 0 radical (unpaired) electrons. The number of Topliss-reactive ketones (excluding diaryl/α,β-unsaturated/α-hetero) is 1. The molecular weight excluding hydrogens is 364 g/mol. The molecule has 1 heterocycles. The SMILES string of the molecule is CC(=O)[C@H]1CC[C@H]2[C@@H]3CC[C@@H]4CCCC5(OS(=O)(=O)O5)[C@]4(C)[C@H]3CC[C@@]12C. The van der Waals surface area contributed by atoms with Gasteiger partial charge in [-0.05, 0) is 87.4 Å². The van der Waals surface area contributed by atoms with E-state index in [0.29, 0.717) is 35.9 Å². The van der Waals surface area contributed by atoms with Crippen LogP contribution >= 0.6 is 0 Å². The summed E-state index contributed by atoms with van der Waals surface area (Å²) in [5.41, 5.74) is -0.124. The lowest BCUT2D eigenvalue weighted by Crippen LogP contribution is -2.70. The van der Waals surface area contributed by atoms with Gasteiger partial charge in [0.2, 0.25) is 5.79 Å². The van der Waals surface area contributed by atoms with Crippen molar-refractivity contribution in [1.82, 2.24) is 0 Å². The lowest BCUT2D eigenvalue weighted by Gasteiger charge is -2.66. The summed E-state index contributed by atoms with van der Waals surface area (Å²) < 4.78 is 34.7. The van der Waals surface area contributed by atoms with E-state index in [2.05, 4.69) is 13.8 Å². The van der Waals surface area contributed by atoms with Crippen molar-refractivity contribution < 1.29 is 21.6 Å². The fraction of sp³-hybridized carbons (Fsp3) is 0.952. The predicted octanol–water partition coefficient (Wildman–Crippen LogP) is 4.22. The van der Waals surface area contributed by atoms with E-state index in [4.69, 9.17) is 8.37 Å². The molecule has 0 aromatic rings. The number of carbonyl (C=O) groups is 1. The lowest BCUT2D eigenvalue weighted by molar-refractivity contribution is -0.324. The maximum atomic E-state index is 12.3. The van der Waals surface area contributed by atoms with Crippen LogP contribution in [0.5, 0.6) is 0 Å². The third-order valence-electron chi connectivity index (χ3n) is 9.75. The Morgan fingerprint density at radius 1 is 0.926 bits per heavy atom. The molecule has 4 aliphatic carbocycles. The minimum Gasteiger partial charge on any atom is -0.300 e. The van der Waals surface area contributed by atoms with E-state index in [1.54, 1.807) is 6.92 Å². The molecule has 5 aliphatic rings. The van der Waals surface area contributed by atoms with Gasteiger partial charge in [0.1, 0.15) is 5.78 Å². The van der Waals surface area contributed by atoms with Crippen molar-refractivity contribution in [2.45, 2.75) is 84.3 Å². The summed E-state index contributed by atoms with van der Waals surface area (Å²) in [7, 11) is -3.81. The van der Waals surface area contributed by atoms with Gasteiger partial charge in [-0.15, -0.1) is 0 Å².